The molecule has 0 bridgehead atoms. The van der Waals surface area contributed by atoms with Gasteiger partial charge < -0.3 is 9.47 Å². The van der Waals surface area contributed by atoms with E-state index in [0.29, 0.717) is 0 Å². The van der Waals surface area contributed by atoms with Crippen LogP contribution in [0.25, 0.3) is 0 Å². The van der Waals surface area contributed by atoms with Gasteiger partial charge in [-0.25, -0.2) is 4.68 Å². The van der Waals surface area contributed by atoms with Gasteiger partial charge in [0.05, 0.1) is 12.6 Å². The lowest BCUT2D eigenvalue weighted by Crippen LogP contribution is -2.24. The number of ether oxygens (including phenoxy) is 2. The molecule has 0 unspecified atom stereocenters. The van der Waals surface area contributed by atoms with Gasteiger partial charge >= 0.3 is 5.97 Å². The van der Waals surface area contributed by atoms with Crippen LogP contribution in [0.1, 0.15) is 51.8 Å². The van der Waals surface area contributed by atoms with Crippen LogP contribution in [0.4, 0.5) is 0 Å². The quantitative estimate of drug-likeness (QED) is 0.789. The lowest BCUT2D eigenvalue weighted by Gasteiger charge is -2.22. The Hall–Kier alpha value is -1.36. The van der Waals surface area contributed by atoms with Gasteiger partial charge in [-0.1, -0.05) is 0 Å². The molecule has 19 heavy (non-hydrogen) atoms. The minimum absolute atomic E-state index is 0.0149. The maximum absolute atomic E-state index is 11.7. The van der Waals surface area contributed by atoms with Gasteiger partial charge in [0.2, 0.25) is 0 Å². The normalized spacial score (nSPS) is 20.3. The molecule has 1 aliphatic rings. The van der Waals surface area contributed by atoms with Crippen molar-refractivity contribution in [3.05, 3.63) is 18.0 Å². The third-order valence-corrected chi connectivity index (χ3v) is 2.87. The first-order valence-corrected chi connectivity index (χ1v) is 6.80. The van der Waals surface area contributed by atoms with E-state index in [1.54, 1.807) is 10.9 Å². The van der Waals surface area contributed by atoms with E-state index in [1.165, 1.54) is 0 Å². The van der Waals surface area contributed by atoms with Crippen LogP contribution in [0.2, 0.25) is 0 Å². The maximum atomic E-state index is 11.7. The van der Waals surface area contributed by atoms with E-state index in [1.807, 2.05) is 27.0 Å². The van der Waals surface area contributed by atoms with Crippen LogP contribution in [0.5, 0.6) is 0 Å². The van der Waals surface area contributed by atoms with Gasteiger partial charge in [-0.3, -0.25) is 4.79 Å². The number of nitrogens with zero attached hydrogens (tertiary/aromatic N) is 2. The highest BCUT2D eigenvalue weighted by Gasteiger charge is 2.19. The minimum atomic E-state index is -0.445. The molecule has 0 N–H and O–H groups in total. The molecule has 5 nitrogen and oxygen atoms in total. The Morgan fingerprint density at radius 1 is 1.53 bits per heavy atom. The average molecular weight is 266 g/mol. The van der Waals surface area contributed by atoms with Crippen LogP contribution in [0.3, 0.4) is 0 Å². The second-order valence-electron chi connectivity index (χ2n) is 5.91. The summed E-state index contributed by atoms with van der Waals surface area (Å²) in [6.07, 6.45) is 7.11. The molecule has 0 spiro atoms. The molecule has 0 aliphatic carbocycles. The average Bonchev–Trinajstić information content (AvgIpc) is 2.76. The van der Waals surface area contributed by atoms with Gasteiger partial charge in [0.15, 0.2) is 0 Å². The van der Waals surface area contributed by atoms with Crippen LogP contribution in [0.15, 0.2) is 12.4 Å². The number of hydrogen-bond acceptors (Lipinski definition) is 4. The van der Waals surface area contributed by atoms with Gasteiger partial charge in [0.1, 0.15) is 11.8 Å². The van der Waals surface area contributed by atoms with Crippen LogP contribution < -0.4 is 0 Å². The molecule has 1 atom stereocenters. The van der Waals surface area contributed by atoms with E-state index in [-0.39, 0.29) is 18.6 Å². The van der Waals surface area contributed by atoms with Crippen molar-refractivity contribution in [2.45, 2.75) is 58.3 Å². The standard InChI is InChI=1S/C14H22N2O3/c1-14(2,3)19-13(17)8-11-9-15-16(10-11)12-6-4-5-7-18-12/h9-10,12H,4-8H2,1-3H3/t12-/m0/s1. The molecule has 0 radical (unpaired) electrons. The van der Waals surface area contributed by atoms with Crippen LogP contribution in [0, 0.1) is 0 Å². The van der Waals surface area contributed by atoms with Crippen molar-refractivity contribution in [3.8, 4) is 0 Å². The molecular formula is C14H22N2O3. The number of esters is 1. The fourth-order valence-corrected chi connectivity index (χ4v) is 2.10. The van der Waals surface area contributed by atoms with Crippen LogP contribution in [-0.4, -0.2) is 28.0 Å². The summed E-state index contributed by atoms with van der Waals surface area (Å²) >= 11 is 0. The molecule has 5 heteroatoms. The van der Waals surface area contributed by atoms with Gasteiger partial charge in [-0.15, -0.1) is 0 Å². The Kier molecular flexibility index (Phi) is 4.24. The molecule has 1 aromatic heterocycles. The first-order chi connectivity index (χ1) is 8.94. The highest BCUT2D eigenvalue weighted by atomic mass is 16.6. The molecule has 2 rings (SSSR count). The Morgan fingerprint density at radius 2 is 2.32 bits per heavy atom. The SMILES string of the molecule is CC(C)(C)OC(=O)Cc1cnn([C@@H]2CCCCO2)c1. The van der Waals surface area contributed by atoms with Gasteiger partial charge in [-0.05, 0) is 40.0 Å². The predicted molar refractivity (Wildman–Crippen MR) is 70.6 cm³/mol. The summed E-state index contributed by atoms with van der Waals surface area (Å²) in [5.74, 6) is -0.225. The predicted octanol–water partition coefficient (Wildman–Crippen LogP) is 2.47. The molecule has 0 saturated carbocycles. The summed E-state index contributed by atoms with van der Waals surface area (Å²) in [5.41, 5.74) is 0.419. The lowest BCUT2D eigenvalue weighted by atomic mass is 10.2. The van der Waals surface area contributed by atoms with Gasteiger partial charge in [0, 0.05) is 18.4 Å². The number of carbonyl (C=O) groups is 1. The lowest BCUT2D eigenvalue weighted by molar-refractivity contribution is -0.153. The summed E-state index contributed by atoms with van der Waals surface area (Å²) in [5, 5.41) is 4.27. The Morgan fingerprint density at radius 3 is 2.95 bits per heavy atom. The van der Waals surface area contributed by atoms with Crippen molar-refractivity contribution >= 4 is 5.97 Å². The maximum Gasteiger partial charge on any atom is 0.310 e. The third-order valence-electron chi connectivity index (χ3n) is 2.87. The number of hydrogen-bond donors (Lipinski definition) is 0. The third kappa shape index (κ3) is 4.35. The molecular weight excluding hydrogens is 244 g/mol. The second kappa shape index (κ2) is 5.74. The van der Waals surface area contributed by atoms with Crippen molar-refractivity contribution in [2.75, 3.05) is 6.61 Å². The van der Waals surface area contributed by atoms with Crippen molar-refractivity contribution < 1.29 is 14.3 Å². The highest BCUT2D eigenvalue weighted by Crippen LogP contribution is 2.22. The largest absolute Gasteiger partial charge is 0.460 e. The second-order valence-corrected chi connectivity index (χ2v) is 5.91. The first kappa shape index (κ1) is 14.1. The fourth-order valence-electron chi connectivity index (χ4n) is 2.10. The van der Waals surface area contributed by atoms with Crippen molar-refractivity contribution in [1.82, 2.24) is 9.78 Å². The zero-order valence-corrected chi connectivity index (χ0v) is 11.9. The minimum Gasteiger partial charge on any atom is -0.460 e. The monoisotopic (exact) mass is 266 g/mol. The van der Waals surface area contributed by atoms with Crippen molar-refractivity contribution in [2.24, 2.45) is 0 Å². The molecule has 0 amide bonds. The van der Waals surface area contributed by atoms with E-state index in [2.05, 4.69) is 5.10 Å². The molecule has 0 aromatic carbocycles. The van der Waals surface area contributed by atoms with Gasteiger partial charge in [0.25, 0.3) is 0 Å². The summed E-state index contributed by atoms with van der Waals surface area (Å²) in [4.78, 5) is 11.7. The fraction of sp³-hybridized carbons (Fsp3) is 0.714. The first-order valence-electron chi connectivity index (χ1n) is 6.80. The van der Waals surface area contributed by atoms with E-state index in [0.717, 1.165) is 31.4 Å². The van der Waals surface area contributed by atoms with E-state index in [4.69, 9.17) is 9.47 Å². The summed E-state index contributed by atoms with van der Waals surface area (Å²) in [7, 11) is 0. The Bertz CT molecular complexity index is 428. The van der Waals surface area contributed by atoms with Crippen LogP contribution >= 0.6 is 0 Å². The topological polar surface area (TPSA) is 53.3 Å². The van der Waals surface area contributed by atoms with E-state index in [9.17, 15) is 4.79 Å². The highest BCUT2D eigenvalue weighted by molar-refractivity contribution is 5.72. The molecule has 106 valence electrons. The number of rotatable bonds is 3. The summed E-state index contributed by atoms with van der Waals surface area (Å²) in [6.45, 7) is 6.38. The zero-order chi connectivity index (χ0) is 13.9. The van der Waals surface area contributed by atoms with E-state index >= 15 is 0 Å². The zero-order valence-electron chi connectivity index (χ0n) is 11.9. The van der Waals surface area contributed by atoms with Crippen LogP contribution in [-0.2, 0) is 20.7 Å². The molecule has 2 heterocycles. The van der Waals surface area contributed by atoms with Crippen molar-refractivity contribution in [1.29, 1.82) is 0 Å². The Labute approximate surface area is 113 Å². The molecule has 1 aliphatic heterocycles. The van der Waals surface area contributed by atoms with Gasteiger partial charge in [-0.2, -0.15) is 5.10 Å². The van der Waals surface area contributed by atoms with E-state index < -0.39 is 5.60 Å². The van der Waals surface area contributed by atoms with Crippen molar-refractivity contribution in [3.63, 3.8) is 0 Å². The summed E-state index contributed by atoms with van der Waals surface area (Å²) in [6, 6.07) is 0. The molecule has 1 aromatic rings. The Balaban J connectivity index is 1.91. The molecule has 1 saturated heterocycles. The summed E-state index contributed by atoms with van der Waals surface area (Å²) < 4.78 is 12.7. The smallest absolute Gasteiger partial charge is 0.310 e. The molecule has 1 fully saturated rings. The number of carbonyl (C=O) groups excluding carboxylic acids is 1. The number of aromatic nitrogens is 2.